The minimum absolute atomic E-state index is 0.165. The first-order valence-electron chi connectivity index (χ1n) is 9.69. The molecule has 148 valence electrons. The second kappa shape index (κ2) is 8.52. The molecule has 1 N–H and O–H groups in total. The van der Waals surface area contributed by atoms with E-state index in [1.54, 1.807) is 17.4 Å². The lowest BCUT2D eigenvalue weighted by atomic mass is 9.97. The highest BCUT2D eigenvalue weighted by Crippen LogP contribution is 2.34. The largest absolute Gasteiger partial charge is 0.493 e. The first kappa shape index (κ1) is 19.9. The maximum Gasteiger partial charge on any atom is 0.260 e. The fourth-order valence-corrected chi connectivity index (χ4v) is 5.22. The van der Waals surface area contributed by atoms with Gasteiger partial charge in [-0.05, 0) is 61.9 Å². The van der Waals surface area contributed by atoms with Crippen LogP contribution in [-0.2, 0) is 12.8 Å². The Morgan fingerprint density at radius 2 is 2.24 bits per heavy atom. The molecule has 0 radical (unpaired) electrons. The number of halogens is 1. The second-order valence-corrected chi connectivity index (χ2v) is 9.01. The van der Waals surface area contributed by atoms with Crippen LogP contribution in [0.5, 0.6) is 5.75 Å². The quantitative estimate of drug-likeness (QED) is 0.501. The van der Waals surface area contributed by atoms with Gasteiger partial charge in [-0.1, -0.05) is 22.9 Å². The monoisotopic (exact) mass is 469 g/mol. The van der Waals surface area contributed by atoms with Crippen molar-refractivity contribution in [2.75, 3.05) is 6.61 Å². The molecule has 1 aromatic carbocycles. The van der Waals surface area contributed by atoms with Crippen LogP contribution in [0.1, 0.15) is 48.0 Å². The topological polar surface area (TPSA) is 78.8 Å². The molecule has 3 aromatic rings. The van der Waals surface area contributed by atoms with Crippen molar-refractivity contribution in [1.82, 2.24) is 9.97 Å². The Morgan fingerprint density at radius 1 is 1.41 bits per heavy atom. The lowest BCUT2D eigenvalue weighted by Gasteiger charge is -2.10. The average Bonchev–Trinajstić information content (AvgIpc) is 3.10. The number of aryl methyl sites for hydroxylation is 2. The van der Waals surface area contributed by atoms with Crippen LogP contribution in [0.25, 0.3) is 21.9 Å². The van der Waals surface area contributed by atoms with Crippen molar-refractivity contribution >= 4 is 49.1 Å². The number of hydrogen-bond acceptors (Lipinski definition) is 5. The van der Waals surface area contributed by atoms with Gasteiger partial charge in [-0.25, -0.2) is 4.98 Å². The number of aromatic amines is 1. The molecule has 0 fully saturated rings. The molecule has 0 saturated carbocycles. The summed E-state index contributed by atoms with van der Waals surface area (Å²) < 4.78 is 6.69. The number of allylic oxidation sites excluding steroid dienone is 1. The zero-order valence-corrected chi connectivity index (χ0v) is 18.5. The van der Waals surface area contributed by atoms with Crippen LogP contribution < -0.4 is 10.3 Å². The highest BCUT2D eigenvalue weighted by Gasteiger charge is 2.20. The molecule has 7 heteroatoms. The number of rotatable bonds is 5. The van der Waals surface area contributed by atoms with Gasteiger partial charge in [0, 0.05) is 14.9 Å². The summed E-state index contributed by atoms with van der Waals surface area (Å²) in [5.74, 6) is 0.989. The van der Waals surface area contributed by atoms with Crippen LogP contribution in [0, 0.1) is 11.3 Å². The highest BCUT2D eigenvalue weighted by atomic mass is 79.9. The van der Waals surface area contributed by atoms with E-state index < -0.39 is 0 Å². The third kappa shape index (κ3) is 4.00. The summed E-state index contributed by atoms with van der Waals surface area (Å²) in [5, 5.41) is 10.5. The number of H-pyrrole nitrogens is 1. The molecular formula is C22H20BrN3O2S. The van der Waals surface area contributed by atoms with Gasteiger partial charge in [-0.2, -0.15) is 5.26 Å². The number of nitriles is 1. The molecule has 4 rings (SSSR count). The van der Waals surface area contributed by atoms with Gasteiger partial charge in [0.1, 0.15) is 16.6 Å². The molecule has 2 aromatic heterocycles. The molecule has 0 saturated heterocycles. The Morgan fingerprint density at radius 3 is 3.03 bits per heavy atom. The molecule has 2 heterocycles. The normalized spacial score (nSPS) is 13.9. The summed E-state index contributed by atoms with van der Waals surface area (Å²) in [6.45, 7) is 2.63. The highest BCUT2D eigenvalue weighted by molar-refractivity contribution is 9.10. The van der Waals surface area contributed by atoms with Gasteiger partial charge < -0.3 is 9.72 Å². The van der Waals surface area contributed by atoms with E-state index in [2.05, 4.69) is 32.0 Å². The SMILES string of the molecule is CCCOc1ccc(Br)cc1/C=C(\C#N)c1nc2sc3c(c2c(=O)[nH]1)CCCC3. The third-order valence-electron chi connectivity index (χ3n) is 4.93. The van der Waals surface area contributed by atoms with Crippen LogP contribution in [0.3, 0.4) is 0 Å². The average molecular weight is 470 g/mol. The van der Waals surface area contributed by atoms with E-state index >= 15 is 0 Å². The summed E-state index contributed by atoms with van der Waals surface area (Å²) in [6.07, 6.45) is 6.79. The Kier molecular flexibility index (Phi) is 5.84. The molecule has 0 atom stereocenters. The molecule has 29 heavy (non-hydrogen) atoms. The lowest BCUT2D eigenvalue weighted by Crippen LogP contribution is -2.12. The van der Waals surface area contributed by atoms with Crippen LogP contribution >= 0.6 is 27.3 Å². The first-order valence-corrected chi connectivity index (χ1v) is 11.3. The maximum atomic E-state index is 12.8. The fraction of sp³-hybridized carbons (Fsp3) is 0.318. The van der Waals surface area contributed by atoms with Crippen molar-refractivity contribution in [2.45, 2.75) is 39.0 Å². The summed E-state index contributed by atoms with van der Waals surface area (Å²) in [7, 11) is 0. The zero-order chi connectivity index (χ0) is 20.4. The number of fused-ring (bicyclic) bond motifs is 3. The second-order valence-electron chi connectivity index (χ2n) is 7.01. The van der Waals surface area contributed by atoms with E-state index in [4.69, 9.17) is 4.74 Å². The number of hydrogen-bond donors (Lipinski definition) is 1. The number of aromatic nitrogens is 2. The third-order valence-corrected chi connectivity index (χ3v) is 6.61. The van der Waals surface area contributed by atoms with Crippen LogP contribution in [0.2, 0.25) is 0 Å². The standard InChI is InChI=1S/C22H20BrN3O2S/c1-2-9-28-17-8-7-15(23)11-13(17)10-14(12-24)20-25-21(27)19-16-5-3-4-6-18(16)29-22(19)26-20/h7-8,10-11H,2-6,9H2,1H3,(H,25,26,27)/b14-10+. The van der Waals surface area contributed by atoms with Crippen molar-refractivity contribution in [3.05, 3.63) is 54.9 Å². The summed E-state index contributed by atoms with van der Waals surface area (Å²) in [6, 6.07) is 7.85. The van der Waals surface area contributed by atoms with Crippen molar-refractivity contribution < 1.29 is 4.74 Å². The smallest absolute Gasteiger partial charge is 0.260 e. The summed E-state index contributed by atoms with van der Waals surface area (Å²) in [4.78, 5) is 22.3. The first-order chi connectivity index (χ1) is 14.1. The van der Waals surface area contributed by atoms with E-state index in [1.807, 2.05) is 25.1 Å². The predicted molar refractivity (Wildman–Crippen MR) is 120 cm³/mol. The molecule has 0 amide bonds. The van der Waals surface area contributed by atoms with Crippen LogP contribution in [0.4, 0.5) is 0 Å². The molecule has 0 aliphatic heterocycles. The van der Waals surface area contributed by atoms with E-state index in [0.29, 0.717) is 34.0 Å². The number of nitrogens with zero attached hydrogens (tertiary/aromatic N) is 2. The fourth-order valence-electron chi connectivity index (χ4n) is 3.58. The lowest BCUT2D eigenvalue weighted by molar-refractivity contribution is 0.317. The van der Waals surface area contributed by atoms with Crippen LogP contribution in [0.15, 0.2) is 27.5 Å². The van der Waals surface area contributed by atoms with Crippen molar-refractivity contribution in [1.29, 1.82) is 5.26 Å². The van der Waals surface area contributed by atoms with E-state index in [1.165, 1.54) is 4.88 Å². The molecular weight excluding hydrogens is 450 g/mol. The minimum Gasteiger partial charge on any atom is -0.493 e. The Bertz CT molecular complexity index is 1200. The molecule has 0 bridgehead atoms. The van der Waals surface area contributed by atoms with Gasteiger partial charge >= 0.3 is 0 Å². The van der Waals surface area contributed by atoms with Gasteiger partial charge in [0.25, 0.3) is 5.56 Å². The zero-order valence-electron chi connectivity index (χ0n) is 16.0. The number of nitrogens with one attached hydrogen (secondary N) is 1. The maximum absolute atomic E-state index is 12.8. The minimum atomic E-state index is -0.165. The number of ether oxygens (including phenoxy) is 1. The molecule has 5 nitrogen and oxygen atoms in total. The molecule has 0 unspecified atom stereocenters. The van der Waals surface area contributed by atoms with Gasteiger partial charge in [0.2, 0.25) is 0 Å². The summed E-state index contributed by atoms with van der Waals surface area (Å²) >= 11 is 5.05. The van der Waals surface area contributed by atoms with Crippen molar-refractivity contribution in [3.8, 4) is 11.8 Å². The molecule has 0 spiro atoms. The Hall–Kier alpha value is -2.43. The Balaban J connectivity index is 1.81. The molecule has 1 aliphatic carbocycles. The van der Waals surface area contributed by atoms with Crippen LogP contribution in [-0.4, -0.2) is 16.6 Å². The summed E-state index contributed by atoms with van der Waals surface area (Å²) in [5.41, 5.74) is 2.04. The van der Waals surface area contributed by atoms with E-state index in [0.717, 1.165) is 47.7 Å². The van der Waals surface area contributed by atoms with Crippen molar-refractivity contribution in [3.63, 3.8) is 0 Å². The predicted octanol–water partition coefficient (Wildman–Crippen LogP) is 5.48. The number of thiophene rings is 1. The molecule has 1 aliphatic rings. The number of benzene rings is 1. The van der Waals surface area contributed by atoms with Gasteiger partial charge in [-0.3, -0.25) is 4.79 Å². The Labute approximate surface area is 181 Å². The van der Waals surface area contributed by atoms with Gasteiger partial charge in [-0.15, -0.1) is 11.3 Å². The van der Waals surface area contributed by atoms with Gasteiger partial charge in [0.05, 0.1) is 17.6 Å². The van der Waals surface area contributed by atoms with E-state index in [-0.39, 0.29) is 5.56 Å². The van der Waals surface area contributed by atoms with E-state index in [9.17, 15) is 10.1 Å². The van der Waals surface area contributed by atoms with Gasteiger partial charge in [0.15, 0.2) is 5.82 Å². The van der Waals surface area contributed by atoms with Crippen molar-refractivity contribution in [2.24, 2.45) is 0 Å².